The number of rotatable bonds is 6. The third-order valence-corrected chi connectivity index (χ3v) is 2.18. The molecule has 3 N–H and O–H groups in total. The Kier molecular flexibility index (Phi) is 6.70. The average Bonchev–Trinajstić information content (AvgIpc) is 2.17. The second-order valence-corrected chi connectivity index (χ2v) is 3.68. The van der Waals surface area contributed by atoms with Crippen LogP contribution in [0.4, 0.5) is 0 Å². The molecule has 0 spiro atoms. The third-order valence-electron chi connectivity index (χ3n) is 2.18. The fourth-order valence-corrected chi connectivity index (χ4v) is 1.24. The minimum Gasteiger partial charge on any atom is -0.358 e. The molecule has 0 aromatic carbocycles. The van der Waals surface area contributed by atoms with Gasteiger partial charge < -0.3 is 16.0 Å². The lowest BCUT2D eigenvalue weighted by molar-refractivity contribution is -0.134. The zero-order valence-electron chi connectivity index (χ0n) is 9.75. The molecule has 0 aromatic heterocycles. The van der Waals surface area contributed by atoms with Gasteiger partial charge >= 0.3 is 0 Å². The van der Waals surface area contributed by atoms with E-state index in [0.29, 0.717) is 6.42 Å². The van der Waals surface area contributed by atoms with Gasteiger partial charge in [0.1, 0.15) is 0 Å². The van der Waals surface area contributed by atoms with Crippen LogP contribution in [0.15, 0.2) is 0 Å². The number of amides is 2. The first-order valence-corrected chi connectivity index (χ1v) is 5.21. The van der Waals surface area contributed by atoms with Gasteiger partial charge in [-0.25, -0.2) is 0 Å². The summed E-state index contributed by atoms with van der Waals surface area (Å²) in [6.45, 7) is 2.12. The molecule has 0 aromatic rings. The highest BCUT2D eigenvalue weighted by atomic mass is 16.2. The lowest BCUT2D eigenvalue weighted by Crippen LogP contribution is -2.39. The molecule has 5 heteroatoms. The van der Waals surface area contributed by atoms with Crippen molar-refractivity contribution in [2.75, 3.05) is 20.6 Å². The van der Waals surface area contributed by atoms with Crippen molar-refractivity contribution in [1.82, 2.24) is 10.2 Å². The van der Waals surface area contributed by atoms with Crippen molar-refractivity contribution < 1.29 is 9.59 Å². The molecule has 5 nitrogen and oxygen atoms in total. The quantitative estimate of drug-likeness (QED) is 0.639. The van der Waals surface area contributed by atoms with Gasteiger partial charge in [-0.3, -0.25) is 9.59 Å². The first kappa shape index (κ1) is 13.9. The summed E-state index contributed by atoms with van der Waals surface area (Å²) in [7, 11) is 3.15. The van der Waals surface area contributed by atoms with Gasteiger partial charge in [0, 0.05) is 26.6 Å². The minimum absolute atomic E-state index is 0.0837. The van der Waals surface area contributed by atoms with Crippen LogP contribution < -0.4 is 11.1 Å². The lowest BCUT2D eigenvalue weighted by atomic mass is 10.1. The van der Waals surface area contributed by atoms with Gasteiger partial charge in [0.15, 0.2) is 0 Å². The third kappa shape index (κ3) is 6.06. The molecule has 0 aliphatic carbocycles. The largest absolute Gasteiger partial charge is 0.358 e. The molecule has 0 saturated heterocycles. The number of nitrogens with zero attached hydrogens (tertiary/aromatic N) is 1. The van der Waals surface area contributed by atoms with Crippen LogP contribution in [0.5, 0.6) is 0 Å². The standard InChI is InChI=1S/C10H21N3O2/c1-4-5-8(11)6-10(15)13(3)7-9(14)12-2/h8H,4-7,11H2,1-3H3,(H,12,14). The predicted octanol–water partition coefficient (Wildman–Crippen LogP) is -0.292. The molecule has 0 saturated carbocycles. The molecule has 0 heterocycles. The van der Waals surface area contributed by atoms with E-state index in [1.807, 2.05) is 6.92 Å². The Bertz CT molecular complexity index is 219. The molecule has 0 bridgehead atoms. The predicted molar refractivity (Wildman–Crippen MR) is 59.2 cm³/mol. The monoisotopic (exact) mass is 215 g/mol. The zero-order valence-corrected chi connectivity index (χ0v) is 9.75. The molecule has 1 unspecified atom stereocenters. The highest BCUT2D eigenvalue weighted by Gasteiger charge is 2.14. The maximum absolute atomic E-state index is 11.5. The second kappa shape index (κ2) is 7.23. The Labute approximate surface area is 91.0 Å². The number of nitrogens with two attached hydrogens (primary N) is 1. The van der Waals surface area contributed by atoms with Crippen molar-refractivity contribution in [3.8, 4) is 0 Å². The average molecular weight is 215 g/mol. The SMILES string of the molecule is CCCC(N)CC(=O)N(C)CC(=O)NC. The van der Waals surface area contributed by atoms with Crippen LogP contribution in [-0.2, 0) is 9.59 Å². The summed E-state index contributed by atoms with van der Waals surface area (Å²) >= 11 is 0. The molecule has 2 amide bonds. The minimum atomic E-state index is -0.171. The van der Waals surface area contributed by atoms with Gasteiger partial charge in [0.2, 0.25) is 11.8 Å². The van der Waals surface area contributed by atoms with Crippen molar-refractivity contribution in [2.45, 2.75) is 32.2 Å². The van der Waals surface area contributed by atoms with Gasteiger partial charge in [0.25, 0.3) is 0 Å². The van der Waals surface area contributed by atoms with Gasteiger partial charge in [-0.1, -0.05) is 13.3 Å². The number of likely N-dealkylation sites (N-methyl/N-ethyl adjacent to an activating group) is 2. The molecule has 0 aliphatic rings. The maximum Gasteiger partial charge on any atom is 0.239 e. The summed E-state index contributed by atoms with van der Waals surface area (Å²) in [4.78, 5) is 23.9. The van der Waals surface area contributed by atoms with Crippen LogP contribution in [0.25, 0.3) is 0 Å². The summed E-state index contributed by atoms with van der Waals surface area (Å²) in [5.41, 5.74) is 5.74. The Hall–Kier alpha value is -1.10. The van der Waals surface area contributed by atoms with Crippen LogP contribution in [0.1, 0.15) is 26.2 Å². The summed E-state index contributed by atoms with van der Waals surface area (Å²) in [6.07, 6.45) is 2.11. The van der Waals surface area contributed by atoms with Gasteiger partial charge in [-0.15, -0.1) is 0 Å². The van der Waals surface area contributed by atoms with Crippen LogP contribution in [0, 0.1) is 0 Å². The van der Waals surface area contributed by atoms with Crippen LogP contribution in [-0.4, -0.2) is 43.4 Å². The van der Waals surface area contributed by atoms with Gasteiger partial charge in [-0.2, -0.15) is 0 Å². The van der Waals surface area contributed by atoms with E-state index < -0.39 is 0 Å². The van der Waals surface area contributed by atoms with E-state index in [1.54, 1.807) is 14.1 Å². The van der Waals surface area contributed by atoms with Crippen molar-refractivity contribution in [1.29, 1.82) is 0 Å². The number of hydrogen-bond acceptors (Lipinski definition) is 3. The summed E-state index contributed by atoms with van der Waals surface area (Å²) in [5, 5.41) is 2.47. The molecule has 0 radical (unpaired) electrons. The molecule has 0 rings (SSSR count). The molecular weight excluding hydrogens is 194 g/mol. The van der Waals surface area contributed by atoms with Crippen LogP contribution in [0.2, 0.25) is 0 Å². The van der Waals surface area contributed by atoms with E-state index in [1.165, 1.54) is 4.90 Å². The van der Waals surface area contributed by atoms with E-state index in [2.05, 4.69) is 5.32 Å². The Morgan fingerprint density at radius 2 is 2.07 bits per heavy atom. The molecule has 0 aliphatic heterocycles. The van der Waals surface area contributed by atoms with E-state index in [9.17, 15) is 9.59 Å². The first-order valence-electron chi connectivity index (χ1n) is 5.21. The van der Waals surface area contributed by atoms with Crippen LogP contribution >= 0.6 is 0 Å². The van der Waals surface area contributed by atoms with E-state index in [0.717, 1.165) is 12.8 Å². The summed E-state index contributed by atoms with van der Waals surface area (Å²) < 4.78 is 0. The second-order valence-electron chi connectivity index (χ2n) is 3.68. The van der Waals surface area contributed by atoms with Gasteiger partial charge in [-0.05, 0) is 6.42 Å². The smallest absolute Gasteiger partial charge is 0.239 e. The molecular formula is C10H21N3O2. The van der Waals surface area contributed by atoms with Crippen molar-refractivity contribution in [3.05, 3.63) is 0 Å². The number of hydrogen-bond donors (Lipinski definition) is 2. The van der Waals surface area contributed by atoms with E-state index in [-0.39, 0.29) is 24.4 Å². The maximum atomic E-state index is 11.5. The Morgan fingerprint density at radius 1 is 1.47 bits per heavy atom. The fourth-order valence-electron chi connectivity index (χ4n) is 1.24. The normalized spacial score (nSPS) is 12.0. The van der Waals surface area contributed by atoms with Gasteiger partial charge in [0.05, 0.1) is 6.54 Å². The van der Waals surface area contributed by atoms with E-state index >= 15 is 0 Å². The molecule has 1 atom stereocenters. The Morgan fingerprint density at radius 3 is 2.53 bits per heavy atom. The van der Waals surface area contributed by atoms with Crippen molar-refractivity contribution >= 4 is 11.8 Å². The number of nitrogens with one attached hydrogen (secondary N) is 1. The highest BCUT2D eigenvalue weighted by molar-refractivity contribution is 5.84. The highest BCUT2D eigenvalue weighted by Crippen LogP contribution is 2.01. The zero-order chi connectivity index (χ0) is 11.8. The van der Waals surface area contributed by atoms with Crippen molar-refractivity contribution in [3.63, 3.8) is 0 Å². The summed E-state index contributed by atoms with van der Waals surface area (Å²) in [5.74, 6) is -0.255. The first-order chi connectivity index (χ1) is 7.01. The Balaban J connectivity index is 3.93. The number of carbonyl (C=O) groups is 2. The molecule has 0 fully saturated rings. The topological polar surface area (TPSA) is 75.4 Å². The lowest BCUT2D eigenvalue weighted by Gasteiger charge is -2.18. The van der Waals surface area contributed by atoms with Crippen LogP contribution in [0.3, 0.4) is 0 Å². The van der Waals surface area contributed by atoms with E-state index in [4.69, 9.17) is 5.73 Å². The number of carbonyl (C=O) groups excluding carboxylic acids is 2. The van der Waals surface area contributed by atoms with Crippen molar-refractivity contribution in [2.24, 2.45) is 5.73 Å². The molecule has 15 heavy (non-hydrogen) atoms. The fraction of sp³-hybridized carbons (Fsp3) is 0.800. The summed E-state index contributed by atoms with van der Waals surface area (Å²) in [6, 6.07) is -0.102. The molecule has 88 valence electrons.